The molecule has 0 aromatic heterocycles. The summed E-state index contributed by atoms with van der Waals surface area (Å²) < 4.78 is 10.2. The van der Waals surface area contributed by atoms with Crippen LogP contribution >= 0.6 is 0 Å². The lowest BCUT2D eigenvalue weighted by atomic mass is 10.1. The molecule has 0 bridgehead atoms. The largest absolute Gasteiger partial charge is 0.490 e. The van der Waals surface area contributed by atoms with E-state index in [1.807, 2.05) is 13.8 Å². The predicted molar refractivity (Wildman–Crippen MR) is 68.7 cm³/mol. The molecule has 0 saturated heterocycles. The van der Waals surface area contributed by atoms with Gasteiger partial charge in [0.05, 0.1) is 25.4 Å². The van der Waals surface area contributed by atoms with E-state index in [9.17, 15) is 4.79 Å². The highest BCUT2D eigenvalue weighted by molar-refractivity contribution is 5.89. The fourth-order valence-corrected chi connectivity index (χ4v) is 1.41. The van der Waals surface area contributed by atoms with Gasteiger partial charge in [-0.1, -0.05) is 19.9 Å². The zero-order chi connectivity index (χ0) is 13.5. The Morgan fingerprint density at radius 2 is 2.06 bits per heavy atom. The number of hydrogen-bond acceptors (Lipinski definition) is 4. The quantitative estimate of drug-likeness (QED) is 0.837. The molecule has 1 aliphatic rings. The molecule has 1 fully saturated rings. The van der Waals surface area contributed by atoms with Crippen molar-refractivity contribution >= 4 is 5.97 Å². The van der Waals surface area contributed by atoms with Gasteiger partial charge in [-0.3, -0.25) is 0 Å². The normalized spacial score (nSPS) is 13.3. The number of rotatable bonds is 4. The molecular weight excluding hydrogens is 232 g/mol. The molecule has 18 heavy (non-hydrogen) atoms. The topological polar surface area (TPSA) is 55.8 Å². The van der Waals surface area contributed by atoms with E-state index >= 15 is 0 Å². The molecule has 0 unspecified atom stereocenters. The van der Waals surface area contributed by atoms with Crippen LogP contribution in [-0.4, -0.2) is 24.3 Å². The smallest absolute Gasteiger partial charge is 0.337 e. The molecule has 0 spiro atoms. The van der Waals surface area contributed by atoms with Crippen LogP contribution in [0.25, 0.3) is 0 Å². The first-order chi connectivity index (χ1) is 8.74. The summed E-state index contributed by atoms with van der Waals surface area (Å²) in [6.45, 7) is 3.91. The molecule has 2 rings (SSSR count). The maximum atomic E-state index is 11.3. The van der Waals surface area contributed by atoms with E-state index in [-0.39, 0.29) is 12.7 Å². The average Bonchev–Trinajstić information content (AvgIpc) is 3.24. The van der Waals surface area contributed by atoms with Crippen molar-refractivity contribution < 1.29 is 19.4 Å². The number of carbonyl (C=O) groups excluding carboxylic acids is 1. The number of methoxy groups -OCH3 is 1. The molecule has 1 N–H and O–H groups in total. The summed E-state index contributed by atoms with van der Waals surface area (Å²) in [5.74, 6) is 0.179. The van der Waals surface area contributed by atoms with E-state index in [2.05, 4.69) is 4.74 Å². The van der Waals surface area contributed by atoms with Gasteiger partial charge in [0.1, 0.15) is 5.75 Å². The number of hydrogen-bond donors (Lipinski definition) is 1. The van der Waals surface area contributed by atoms with Crippen LogP contribution in [0.2, 0.25) is 0 Å². The molecule has 0 atom stereocenters. The van der Waals surface area contributed by atoms with E-state index in [1.54, 1.807) is 18.2 Å². The molecule has 0 radical (unpaired) electrons. The lowest BCUT2D eigenvalue weighted by Gasteiger charge is -2.10. The van der Waals surface area contributed by atoms with Gasteiger partial charge in [0.25, 0.3) is 0 Å². The molecule has 4 heteroatoms. The first-order valence-electron chi connectivity index (χ1n) is 6.23. The summed E-state index contributed by atoms with van der Waals surface area (Å²) in [5, 5.41) is 9.14. The van der Waals surface area contributed by atoms with Crippen LogP contribution in [0.1, 0.15) is 42.6 Å². The Balaban J connectivity index is 0.000000771. The summed E-state index contributed by atoms with van der Waals surface area (Å²) in [5.41, 5.74) is 1.13. The van der Waals surface area contributed by atoms with Crippen molar-refractivity contribution in [3.05, 3.63) is 29.3 Å². The minimum absolute atomic E-state index is 0.0937. The van der Waals surface area contributed by atoms with E-state index in [4.69, 9.17) is 9.84 Å². The molecule has 1 aromatic carbocycles. The number of ether oxygens (including phenoxy) is 2. The molecule has 1 saturated carbocycles. The third-order valence-electron chi connectivity index (χ3n) is 2.48. The molecule has 0 aliphatic heterocycles. The highest BCUT2D eigenvalue weighted by Crippen LogP contribution is 2.30. The molecule has 0 amide bonds. The molecular formula is C14H20O4. The Bertz CT molecular complexity index is 397. The third-order valence-corrected chi connectivity index (χ3v) is 2.48. The van der Waals surface area contributed by atoms with Crippen LogP contribution in [0.3, 0.4) is 0 Å². The van der Waals surface area contributed by atoms with Crippen molar-refractivity contribution in [1.29, 1.82) is 0 Å². The second-order valence-corrected chi connectivity index (χ2v) is 3.79. The van der Waals surface area contributed by atoms with Crippen molar-refractivity contribution in [2.24, 2.45) is 0 Å². The highest BCUT2D eigenvalue weighted by Gasteiger charge is 2.25. The van der Waals surface area contributed by atoms with Crippen LogP contribution in [0.15, 0.2) is 18.2 Å². The van der Waals surface area contributed by atoms with Crippen molar-refractivity contribution in [2.45, 2.75) is 39.4 Å². The SMILES string of the molecule is CC.COC(=O)c1ccc(CO)c(OC2CC2)c1. The Labute approximate surface area is 108 Å². The van der Waals surface area contributed by atoms with Gasteiger partial charge >= 0.3 is 5.97 Å². The van der Waals surface area contributed by atoms with Crippen molar-refractivity contribution in [3.63, 3.8) is 0 Å². The second kappa shape index (κ2) is 7.01. The molecule has 4 nitrogen and oxygen atoms in total. The van der Waals surface area contributed by atoms with Crippen LogP contribution in [0.5, 0.6) is 5.75 Å². The standard InChI is InChI=1S/C12H14O4.C2H6/c1-15-12(14)8-2-3-9(7-13)11(6-8)16-10-4-5-10;1-2/h2-3,6,10,13H,4-5,7H2,1H3;1-2H3. The van der Waals surface area contributed by atoms with Crippen LogP contribution < -0.4 is 4.74 Å². The van der Waals surface area contributed by atoms with E-state index in [0.29, 0.717) is 16.9 Å². The lowest BCUT2D eigenvalue weighted by molar-refractivity contribution is 0.0600. The summed E-state index contributed by atoms with van der Waals surface area (Å²) in [7, 11) is 1.34. The summed E-state index contributed by atoms with van der Waals surface area (Å²) in [6.07, 6.45) is 2.30. The van der Waals surface area contributed by atoms with Gasteiger partial charge in [0, 0.05) is 5.56 Å². The second-order valence-electron chi connectivity index (χ2n) is 3.79. The molecule has 0 heterocycles. The minimum Gasteiger partial charge on any atom is -0.490 e. The first kappa shape index (κ1) is 14.5. The van der Waals surface area contributed by atoms with Crippen LogP contribution in [0, 0.1) is 0 Å². The molecule has 1 aliphatic carbocycles. The van der Waals surface area contributed by atoms with Gasteiger partial charge < -0.3 is 14.6 Å². The van der Waals surface area contributed by atoms with E-state index in [0.717, 1.165) is 12.8 Å². The summed E-state index contributed by atoms with van der Waals surface area (Å²) >= 11 is 0. The Hall–Kier alpha value is -1.55. The van der Waals surface area contributed by atoms with Crippen molar-refractivity contribution in [1.82, 2.24) is 0 Å². The minimum atomic E-state index is -0.398. The number of benzene rings is 1. The van der Waals surface area contributed by atoms with Gasteiger partial charge in [-0.25, -0.2) is 4.79 Å². The van der Waals surface area contributed by atoms with E-state index in [1.165, 1.54) is 7.11 Å². The molecule has 1 aromatic rings. The van der Waals surface area contributed by atoms with E-state index < -0.39 is 5.97 Å². The zero-order valence-electron chi connectivity index (χ0n) is 11.1. The van der Waals surface area contributed by atoms with Crippen LogP contribution in [-0.2, 0) is 11.3 Å². The summed E-state index contributed by atoms with van der Waals surface area (Å²) in [4.78, 5) is 11.3. The van der Waals surface area contributed by atoms with Gasteiger partial charge in [0.15, 0.2) is 0 Å². The van der Waals surface area contributed by atoms with Gasteiger partial charge in [-0.15, -0.1) is 0 Å². The van der Waals surface area contributed by atoms with Crippen molar-refractivity contribution in [2.75, 3.05) is 7.11 Å². The first-order valence-corrected chi connectivity index (χ1v) is 6.23. The number of aliphatic hydroxyl groups excluding tert-OH is 1. The monoisotopic (exact) mass is 252 g/mol. The third kappa shape index (κ3) is 3.74. The predicted octanol–water partition coefficient (Wildman–Crippen LogP) is 2.53. The highest BCUT2D eigenvalue weighted by atomic mass is 16.5. The fourth-order valence-electron chi connectivity index (χ4n) is 1.41. The Morgan fingerprint density at radius 3 is 2.56 bits per heavy atom. The van der Waals surface area contributed by atoms with Crippen molar-refractivity contribution in [3.8, 4) is 5.75 Å². The Morgan fingerprint density at radius 1 is 1.39 bits per heavy atom. The zero-order valence-corrected chi connectivity index (χ0v) is 11.1. The lowest BCUT2D eigenvalue weighted by Crippen LogP contribution is -2.05. The molecule has 100 valence electrons. The number of aliphatic hydroxyl groups is 1. The van der Waals surface area contributed by atoms with Gasteiger partial charge in [-0.2, -0.15) is 0 Å². The average molecular weight is 252 g/mol. The number of esters is 1. The van der Waals surface area contributed by atoms with Crippen LogP contribution in [0.4, 0.5) is 0 Å². The van der Waals surface area contributed by atoms with Gasteiger partial charge in [0.2, 0.25) is 0 Å². The fraction of sp³-hybridized carbons (Fsp3) is 0.500. The number of carbonyl (C=O) groups is 1. The van der Waals surface area contributed by atoms with Gasteiger partial charge in [-0.05, 0) is 25.0 Å². The maximum Gasteiger partial charge on any atom is 0.337 e. The maximum absolute atomic E-state index is 11.3. The Kier molecular flexibility index (Phi) is 5.65. The summed E-state index contributed by atoms with van der Waals surface area (Å²) in [6, 6.07) is 4.93.